The Hall–Kier alpha value is -2.31. The van der Waals surface area contributed by atoms with Crippen molar-refractivity contribution >= 4 is 17.6 Å². The Bertz CT molecular complexity index is 434. The average molecular weight is 252 g/mol. The zero-order valence-electron chi connectivity index (χ0n) is 10.3. The van der Waals surface area contributed by atoms with E-state index in [0.29, 0.717) is 11.6 Å². The zero-order chi connectivity index (χ0) is 13.5. The molecule has 0 spiro atoms. The molecule has 0 unspecified atom stereocenters. The smallest absolute Gasteiger partial charge is 0.318 e. The highest BCUT2D eigenvalue weighted by Crippen LogP contribution is 2.21. The fourth-order valence-corrected chi connectivity index (χ4v) is 1.20. The van der Waals surface area contributed by atoms with Gasteiger partial charge in [0.2, 0.25) is 11.8 Å². The van der Waals surface area contributed by atoms with Crippen molar-refractivity contribution < 1.29 is 14.3 Å². The lowest BCUT2D eigenvalue weighted by molar-refractivity contribution is -0.118. The van der Waals surface area contributed by atoms with Gasteiger partial charge < -0.3 is 15.8 Å². The number of carbonyl (C=O) groups excluding carboxylic acids is 2. The van der Waals surface area contributed by atoms with Crippen LogP contribution in [0.3, 0.4) is 0 Å². The van der Waals surface area contributed by atoms with Gasteiger partial charge in [-0.3, -0.25) is 10.1 Å². The Balaban J connectivity index is 2.61. The van der Waals surface area contributed by atoms with Gasteiger partial charge in [-0.1, -0.05) is 0 Å². The first-order chi connectivity index (χ1) is 8.49. The maximum Gasteiger partial charge on any atom is 0.318 e. The standard InChI is InChI=1S/C11H16N4O3/c1-7(2)18-10-8(4-3-5-13-10)14-6-9(16)15-11(12)17/h3-5,7,14H,6H2,1-2H3,(H3,12,15,16,17). The van der Waals surface area contributed by atoms with E-state index in [0.717, 1.165) is 0 Å². The van der Waals surface area contributed by atoms with Crippen molar-refractivity contribution in [2.45, 2.75) is 20.0 Å². The van der Waals surface area contributed by atoms with Crippen LogP contribution in [0.2, 0.25) is 0 Å². The minimum Gasteiger partial charge on any atom is -0.473 e. The molecule has 98 valence electrons. The number of anilines is 1. The Morgan fingerprint density at radius 2 is 2.22 bits per heavy atom. The van der Waals surface area contributed by atoms with E-state index < -0.39 is 11.9 Å². The van der Waals surface area contributed by atoms with E-state index in [9.17, 15) is 9.59 Å². The van der Waals surface area contributed by atoms with Crippen molar-refractivity contribution in [3.05, 3.63) is 18.3 Å². The summed E-state index contributed by atoms with van der Waals surface area (Å²) in [5.74, 6) is -0.124. The molecule has 3 amide bonds. The lowest BCUT2D eigenvalue weighted by atomic mass is 10.4. The minimum absolute atomic E-state index is 0.0279. The zero-order valence-corrected chi connectivity index (χ0v) is 10.3. The van der Waals surface area contributed by atoms with Crippen LogP contribution in [0.4, 0.5) is 10.5 Å². The predicted octanol–water partition coefficient (Wildman–Crippen LogP) is 0.476. The monoisotopic (exact) mass is 252 g/mol. The molecule has 1 heterocycles. The van der Waals surface area contributed by atoms with Crippen LogP contribution in [-0.4, -0.2) is 29.6 Å². The summed E-state index contributed by atoms with van der Waals surface area (Å²) in [4.78, 5) is 25.7. The van der Waals surface area contributed by atoms with Gasteiger partial charge in [-0.25, -0.2) is 9.78 Å². The van der Waals surface area contributed by atoms with Crippen LogP contribution in [0, 0.1) is 0 Å². The second-order valence-corrected chi connectivity index (χ2v) is 3.79. The summed E-state index contributed by atoms with van der Waals surface area (Å²) in [6.07, 6.45) is 1.56. The number of hydrogen-bond donors (Lipinski definition) is 3. The summed E-state index contributed by atoms with van der Waals surface area (Å²) in [5.41, 5.74) is 5.40. The highest BCUT2D eigenvalue weighted by Gasteiger charge is 2.09. The van der Waals surface area contributed by atoms with Crippen molar-refractivity contribution in [2.75, 3.05) is 11.9 Å². The number of nitrogens with zero attached hydrogens (tertiary/aromatic N) is 1. The molecular weight excluding hydrogens is 236 g/mol. The molecule has 0 bridgehead atoms. The SMILES string of the molecule is CC(C)Oc1ncccc1NCC(=O)NC(N)=O. The minimum atomic E-state index is -0.883. The number of hydrogen-bond acceptors (Lipinski definition) is 5. The lowest BCUT2D eigenvalue weighted by Crippen LogP contribution is -2.38. The van der Waals surface area contributed by atoms with Gasteiger partial charge in [0.05, 0.1) is 18.3 Å². The molecule has 7 heteroatoms. The normalized spacial score (nSPS) is 9.94. The molecule has 0 aliphatic rings. The van der Waals surface area contributed by atoms with E-state index in [1.165, 1.54) is 0 Å². The number of aromatic nitrogens is 1. The molecule has 1 rings (SSSR count). The van der Waals surface area contributed by atoms with Crippen LogP contribution in [0.25, 0.3) is 0 Å². The third-order valence-corrected chi connectivity index (χ3v) is 1.82. The number of pyridine rings is 1. The van der Waals surface area contributed by atoms with E-state index in [1.807, 2.05) is 19.2 Å². The number of rotatable bonds is 5. The molecule has 7 nitrogen and oxygen atoms in total. The van der Waals surface area contributed by atoms with Gasteiger partial charge in [-0.05, 0) is 26.0 Å². The molecule has 0 saturated carbocycles. The number of urea groups is 1. The summed E-state index contributed by atoms with van der Waals surface area (Å²) < 4.78 is 5.46. The first kappa shape index (κ1) is 13.8. The number of imide groups is 1. The Morgan fingerprint density at radius 1 is 1.50 bits per heavy atom. The third-order valence-electron chi connectivity index (χ3n) is 1.82. The first-order valence-corrected chi connectivity index (χ1v) is 5.44. The summed E-state index contributed by atoms with van der Waals surface area (Å²) in [6.45, 7) is 3.65. The van der Waals surface area contributed by atoms with Gasteiger partial charge in [0, 0.05) is 6.20 Å². The fourth-order valence-electron chi connectivity index (χ4n) is 1.20. The predicted molar refractivity (Wildman–Crippen MR) is 66.2 cm³/mol. The summed E-state index contributed by atoms with van der Waals surface area (Å²) in [6, 6.07) is 2.55. The van der Waals surface area contributed by atoms with Crippen molar-refractivity contribution in [1.82, 2.24) is 10.3 Å². The topological polar surface area (TPSA) is 106 Å². The van der Waals surface area contributed by atoms with E-state index in [2.05, 4.69) is 10.3 Å². The summed E-state index contributed by atoms with van der Waals surface area (Å²) in [5, 5.41) is 4.77. The number of ether oxygens (including phenoxy) is 1. The second-order valence-electron chi connectivity index (χ2n) is 3.79. The fraction of sp³-hybridized carbons (Fsp3) is 0.364. The van der Waals surface area contributed by atoms with Crippen molar-refractivity contribution in [3.8, 4) is 5.88 Å². The van der Waals surface area contributed by atoms with Gasteiger partial charge >= 0.3 is 6.03 Å². The molecule has 0 radical (unpaired) electrons. The largest absolute Gasteiger partial charge is 0.473 e. The number of amides is 3. The third kappa shape index (κ3) is 4.69. The van der Waals surface area contributed by atoms with Crippen molar-refractivity contribution in [3.63, 3.8) is 0 Å². The maximum absolute atomic E-state index is 11.2. The van der Waals surface area contributed by atoms with Crippen LogP contribution in [-0.2, 0) is 4.79 Å². The van der Waals surface area contributed by atoms with Crippen LogP contribution in [0.1, 0.15) is 13.8 Å². The number of nitrogens with two attached hydrogens (primary N) is 1. The van der Waals surface area contributed by atoms with Gasteiger partial charge in [0.25, 0.3) is 0 Å². The highest BCUT2D eigenvalue weighted by atomic mass is 16.5. The van der Waals surface area contributed by atoms with E-state index in [1.54, 1.807) is 18.3 Å². The average Bonchev–Trinajstić information content (AvgIpc) is 2.26. The van der Waals surface area contributed by atoms with Crippen molar-refractivity contribution in [2.24, 2.45) is 5.73 Å². The van der Waals surface area contributed by atoms with Crippen LogP contribution < -0.4 is 21.1 Å². The molecule has 0 aliphatic heterocycles. The van der Waals surface area contributed by atoms with Gasteiger partial charge in [-0.15, -0.1) is 0 Å². The lowest BCUT2D eigenvalue weighted by Gasteiger charge is -2.13. The first-order valence-electron chi connectivity index (χ1n) is 5.44. The number of nitrogens with one attached hydrogen (secondary N) is 2. The van der Waals surface area contributed by atoms with E-state index >= 15 is 0 Å². The molecule has 18 heavy (non-hydrogen) atoms. The van der Waals surface area contributed by atoms with Gasteiger partial charge in [0.1, 0.15) is 0 Å². The Morgan fingerprint density at radius 3 is 2.83 bits per heavy atom. The molecule has 0 fully saturated rings. The van der Waals surface area contributed by atoms with Crippen molar-refractivity contribution in [1.29, 1.82) is 0 Å². The van der Waals surface area contributed by atoms with Crippen LogP contribution in [0.15, 0.2) is 18.3 Å². The molecule has 0 atom stereocenters. The van der Waals surface area contributed by atoms with Gasteiger partial charge in [-0.2, -0.15) is 0 Å². The second kappa shape index (κ2) is 6.43. The molecular formula is C11H16N4O3. The Kier molecular flexibility index (Phi) is 4.91. The van der Waals surface area contributed by atoms with E-state index in [4.69, 9.17) is 10.5 Å². The highest BCUT2D eigenvalue weighted by molar-refractivity contribution is 5.95. The molecule has 0 aliphatic carbocycles. The van der Waals surface area contributed by atoms with Crippen LogP contribution in [0.5, 0.6) is 5.88 Å². The molecule has 4 N–H and O–H groups in total. The number of primary amides is 1. The maximum atomic E-state index is 11.2. The molecule has 0 saturated heterocycles. The summed E-state index contributed by atoms with van der Waals surface area (Å²) >= 11 is 0. The Labute approximate surface area is 105 Å². The summed E-state index contributed by atoms with van der Waals surface area (Å²) in [7, 11) is 0. The van der Waals surface area contributed by atoms with Gasteiger partial charge in [0.15, 0.2) is 0 Å². The van der Waals surface area contributed by atoms with Crippen LogP contribution >= 0.6 is 0 Å². The molecule has 1 aromatic rings. The quantitative estimate of drug-likeness (QED) is 0.706. The molecule has 1 aromatic heterocycles. The number of carbonyl (C=O) groups is 2. The molecule has 0 aromatic carbocycles. The van der Waals surface area contributed by atoms with E-state index in [-0.39, 0.29) is 12.6 Å².